The third-order valence-electron chi connectivity index (χ3n) is 5.15. The number of amides is 1. The van der Waals surface area contributed by atoms with E-state index in [-0.39, 0.29) is 17.6 Å². The van der Waals surface area contributed by atoms with Gasteiger partial charge in [0.15, 0.2) is 0 Å². The van der Waals surface area contributed by atoms with E-state index in [0.29, 0.717) is 18.8 Å². The van der Waals surface area contributed by atoms with Crippen molar-refractivity contribution in [1.82, 2.24) is 9.88 Å². The van der Waals surface area contributed by atoms with Gasteiger partial charge in [0.25, 0.3) is 5.91 Å². The van der Waals surface area contributed by atoms with Gasteiger partial charge in [-0.15, -0.1) is 0 Å². The molecule has 0 unspecified atom stereocenters. The second-order valence-corrected chi connectivity index (χ2v) is 7.24. The Morgan fingerprint density at radius 2 is 2.35 bits per heavy atom. The number of ether oxygens (including phenoxy) is 2. The van der Waals surface area contributed by atoms with Crippen LogP contribution in [0.3, 0.4) is 0 Å². The predicted molar refractivity (Wildman–Crippen MR) is 85.3 cm³/mol. The van der Waals surface area contributed by atoms with Crippen molar-refractivity contribution >= 4 is 5.91 Å². The maximum absolute atomic E-state index is 12.6. The molecule has 0 radical (unpaired) electrons. The van der Waals surface area contributed by atoms with Crippen LogP contribution in [0.25, 0.3) is 0 Å². The van der Waals surface area contributed by atoms with Crippen LogP contribution in [0.4, 0.5) is 0 Å². The Kier molecular flexibility index (Phi) is 3.85. The number of rotatable bonds is 4. The zero-order valence-corrected chi connectivity index (χ0v) is 13.7. The summed E-state index contributed by atoms with van der Waals surface area (Å²) in [7, 11) is 0. The lowest BCUT2D eigenvalue weighted by Gasteiger charge is -2.23. The van der Waals surface area contributed by atoms with Crippen molar-refractivity contribution in [3.8, 4) is 0 Å². The molecule has 2 atom stereocenters. The number of carbonyl (C=O) groups excluding carboxylic acids is 1. The Morgan fingerprint density at radius 3 is 3.13 bits per heavy atom. The van der Waals surface area contributed by atoms with Crippen LogP contribution in [-0.4, -0.2) is 53.8 Å². The van der Waals surface area contributed by atoms with Crippen LogP contribution >= 0.6 is 0 Å². The Morgan fingerprint density at radius 1 is 1.48 bits per heavy atom. The van der Waals surface area contributed by atoms with Crippen molar-refractivity contribution in [2.24, 2.45) is 5.92 Å². The fourth-order valence-corrected chi connectivity index (χ4v) is 3.59. The molecule has 0 bridgehead atoms. The maximum Gasteiger partial charge on any atom is 0.272 e. The number of aromatic nitrogens is 1. The quantitative estimate of drug-likeness (QED) is 0.854. The summed E-state index contributed by atoms with van der Waals surface area (Å²) in [5.41, 5.74) is 1.20. The second-order valence-electron chi connectivity index (χ2n) is 7.24. The largest absolute Gasteiger partial charge is 0.375 e. The first-order valence-electron chi connectivity index (χ1n) is 8.62. The summed E-state index contributed by atoms with van der Waals surface area (Å²) in [6.07, 6.45) is 4.62. The van der Waals surface area contributed by atoms with Gasteiger partial charge < -0.3 is 14.4 Å². The monoisotopic (exact) mass is 316 g/mol. The summed E-state index contributed by atoms with van der Waals surface area (Å²) in [5.74, 6) is 0.789. The third-order valence-corrected chi connectivity index (χ3v) is 5.15. The molecule has 1 spiro atoms. The molecule has 1 aliphatic carbocycles. The fraction of sp³-hybridized carbons (Fsp3) is 0.667. The molecule has 5 heteroatoms. The number of pyridine rings is 1. The Bertz CT molecular complexity index is 602. The van der Waals surface area contributed by atoms with E-state index in [1.54, 1.807) is 6.07 Å². The average Bonchev–Trinajstić information content (AvgIpc) is 3.17. The fourth-order valence-electron chi connectivity index (χ4n) is 3.59. The Hall–Kier alpha value is -1.46. The van der Waals surface area contributed by atoms with E-state index in [9.17, 15) is 4.79 Å². The number of likely N-dealkylation sites (tertiary alicyclic amines) is 1. The third kappa shape index (κ3) is 3.26. The number of hydrogen-bond acceptors (Lipinski definition) is 4. The van der Waals surface area contributed by atoms with Gasteiger partial charge >= 0.3 is 0 Å². The summed E-state index contributed by atoms with van der Waals surface area (Å²) in [6.45, 7) is 4.84. The summed E-state index contributed by atoms with van der Waals surface area (Å²) in [4.78, 5) is 18.8. The lowest BCUT2D eigenvalue weighted by atomic mass is 9.98. The smallest absolute Gasteiger partial charge is 0.272 e. The molecule has 2 aliphatic heterocycles. The zero-order valence-electron chi connectivity index (χ0n) is 13.7. The van der Waals surface area contributed by atoms with E-state index in [2.05, 4.69) is 4.98 Å². The molecule has 0 N–H and O–H groups in total. The van der Waals surface area contributed by atoms with Crippen LogP contribution in [0, 0.1) is 12.8 Å². The number of hydrogen-bond donors (Lipinski definition) is 0. The molecule has 1 amide bonds. The van der Waals surface area contributed by atoms with Crippen molar-refractivity contribution in [3.63, 3.8) is 0 Å². The van der Waals surface area contributed by atoms with Crippen molar-refractivity contribution in [1.29, 1.82) is 0 Å². The standard InChI is InChI=1S/C18H24N2O3/c1-13-3-2-4-16(19-13)17(21)20-8-7-18(12-20)9-15(11-23-18)22-10-14-5-6-14/h2-4,14-15H,5-12H2,1H3/t15-,18-/m0/s1. The van der Waals surface area contributed by atoms with E-state index >= 15 is 0 Å². The van der Waals surface area contributed by atoms with Crippen molar-refractivity contribution in [2.45, 2.75) is 44.3 Å². The average molecular weight is 316 g/mol. The van der Waals surface area contributed by atoms with E-state index < -0.39 is 0 Å². The van der Waals surface area contributed by atoms with Gasteiger partial charge in [0.1, 0.15) is 5.69 Å². The number of nitrogens with zero attached hydrogens (tertiary/aromatic N) is 2. The predicted octanol–water partition coefficient (Wildman–Crippen LogP) is 2.19. The molecule has 5 nitrogen and oxygen atoms in total. The molecule has 4 rings (SSSR count). The molecule has 23 heavy (non-hydrogen) atoms. The van der Waals surface area contributed by atoms with Gasteiger partial charge in [0.05, 0.1) is 24.9 Å². The SMILES string of the molecule is Cc1cccc(C(=O)N2CC[C@]3(C[C@H](OCC4CC4)CO3)C2)n1. The highest BCUT2D eigenvalue weighted by Crippen LogP contribution is 2.38. The summed E-state index contributed by atoms with van der Waals surface area (Å²) in [5, 5.41) is 0. The van der Waals surface area contributed by atoms with Gasteiger partial charge in [-0.3, -0.25) is 4.79 Å². The van der Waals surface area contributed by atoms with Crippen LogP contribution in [-0.2, 0) is 9.47 Å². The lowest BCUT2D eigenvalue weighted by Crippen LogP contribution is -2.36. The molecular weight excluding hydrogens is 292 g/mol. The Labute approximate surface area is 137 Å². The zero-order chi connectivity index (χ0) is 15.9. The minimum atomic E-state index is -0.201. The number of carbonyl (C=O) groups is 1. The highest BCUT2D eigenvalue weighted by molar-refractivity contribution is 5.92. The minimum Gasteiger partial charge on any atom is -0.375 e. The van der Waals surface area contributed by atoms with Crippen LogP contribution in [0.2, 0.25) is 0 Å². The van der Waals surface area contributed by atoms with E-state index in [4.69, 9.17) is 9.47 Å². The summed E-state index contributed by atoms with van der Waals surface area (Å²) >= 11 is 0. The molecule has 1 aromatic rings. The highest BCUT2D eigenvalue weighted by Gasteiger charge is 2.47. The van der Waals surface area contributed by atoms with Crippen LogP contribution < -0.4 is 0 Å². The summed E-state index contributed by atoms with van der Waals surface area (Å²) in [6, 6.07) is 5.58. The maximum atomic E-state index is 12.6. The first-order chi connectivity index (χ1) is 11.1. The van der Waals surface area contributed by atoms with Crippen molar-refractivity contribution in [2.75, 3.05) is 26.3 Å². The molecule has 1 saturated carbocycles. The molecule has 2 saturated heterocycles. The molecule has 3 aliphatic rings. The van der Waals surface area contributed by atoms with Gasteiger partial charge in [-0.1, -0.05) is 6.07 Å². The molecule has 124 valence electrons. The van der Waals surface area contributed by atoms with Crippen LogP contribution in [0.15, 0.2) is 18.2 Å². The van der Waals surface area contributed by atoms with Crippen LogP contribution in [0.1, 0.15) is 41.9 Å². The molecule has 3 heterocycles. The van der Waals surface area contributed by atoms with Gasteiger partial charge in [-0.25, -0.2) is 4.98 Å². The van der Waals surface area contributed by atoms with E-state index in [0.717, 1.165) is 37.6 Å². The molecule has 0 aromatic carbocycles. The Balaban J connectivity index is 1.36. The van der Waals surface area contributed by atoms with Gasteiger partial charge in [-0.05, 0) is 44.2 Å². The topological polar surface area (TPSA) is 51.7 Å². The van der Waals surface area contributed by atoms with Gasteiger partial charge in [0.2, 0.25) is 0 Å². The van der Waals surface area contributed by atoms with Crippen molar-refractivity contribution < 1.29 is 14.3 Å². The van der Waals surface area contributed by atoms with Crippen LogP contribution in [0.5, 0.6) is 0 Å². The van der Waals surface area contributed by atoms with Gasteiger partial charge in [0, 0.05) is 25.3 Å². The summed E-state index contributed by atoms with van der Waals surface area (Å²) < 4.78 is 12.0. The number of aryl methyl sites for hydroxylation is 1. The van der Waals surface area contributed by atoms with Gasteiger partial charge in [-0.2, -0.15) is 0 Å². The second kappa shape index (κ2) is 5.87. The molecule has 3 fully saturated rings. The lowest BCUT2D eigenvalue weighted by molar-refractivity contribution is 0.00153. The minimum absolute atomic E-state index is 0.0107. The van der Waals surface area contributed by atoms with E-state index in [1.165, 1.54) is 12.8 Å². The molecule has 1 aromatic heterocycles. The first-order valence-corrected chi connectivity index (χ1v) is 8.62. The van der Waals surface area contributed by atoms with Crippen molar-refractivity contribution in [3.05, 3.63) is 29.6 Å². The molecular formula is C18H24N2O3. The highest BCUT2D eigenvalue weighted by atomic mass is 16.6. The normalized spacial score (nSPS) is 30.3. The first kappa shape index (κ1) is 15.1. The van der Waals surface area contributed by atoms with E-state index in [1.807, 2.05) is 24.0 Å².